The summed E-state index contributed by atoms with van der Waals surface area (Å²) >= 11 is 0. The lowest BCUT2D eigenvalue weighted by molar-refractivity contribution is -0.215. The van der Waals surface area contributed by atoms with Gasteiger partial charge in [-0.15, -0.1) is 0 Å². The molecule has 0 bridgehead atoms. The molecule has 0 saturated carbocycles. The third-order valence-electron chi connectivity index (χ3n) is 3.40. The lowest BCUT2D eigenvalue weighted by atomic mass is 10.1. The first-order valence-corrected chi connectivity index (χ1v) is 8.44. The van der Waals surface area contributed by atoms with Crippen LogP contribution in [0.15, 0.2) is 0 Å². The summed E-state index contributed by atoms with van der Waals surface area (Å²) in [5.74, 6) is -0.519. The van der Waals surface area contributed by atoms with Crippen LogP contribution >= 0.6 is 0 Å². The zero-order valence-corrected chi connectivity index (χ0v) is 14.0. The molecule has 3 unspecified atom stereocenters. The molecular formula is C16H32O7. The van der Waals surface area contributed by atoms with Crippen LogP contribution in [0.3, 0.4) is 0 Å². The van der Waals surface area contributed by atoms with E-state index in [1.807, 2.05) is 0 Å². The second kappa shape index (κ2) is 14.8. The predicted octanol–water partition coefficient (Wildman–Crippen LogP) is 0.719. The number of ether oxygens (including phenoxy) is 2. The van der Waals surface area contributed by atoms with Crippen molar-refractivity contribution in [2.45, 2.75) is 76.8 Å². The van der Waals surface area contributed by atoms with Crippen LogP contribution in [0.2, 0.25) is 0 Å². The molecule has 0 amide bonds. The van der Waals surface area contributed by atoms with Crippen LogP contribution < -0.4 is 0 Å². The van der Waals surface area contributed by atoms with Gasteiger partial charge in [0.1, 0.15) is 12.2 Å². The molecule has 23 heavy (non-hydrogen) atoms. The van der Waals surface area contributed by atoms with Gasteiger partial charge in [-0.1, -0.05) is 45.4 Å². The average molecular weight is 336 g/mol. The molecule has 3 atom stereocenters. The number of esters is 1. The lowest BCUT2D eigenvalue weighted by Gasteiger charge is -2.23. The van der Waals surface area contributed by atoms with Crippen LogP contribution in [0.4, 0.5) is 0 Å². The van der Waals surface area contributed by atoms with E-state index in [-0.39, 0.29) is 13.0 Å². The highest BCUT2D eigenvalue weighted by atomic mass is 16.7. The first-order valence-electron chi connectivity index (χ1n) is 8.44. The van der Waals surface area contributed by atoms with Crippen LogP contribution in [0.1, 0.15) is 58.3 Å². The third kappa shape index (κ3) is 12.4. The fourth-order valence-corrected chi connectivity index (χ4v) is 1.98. The second-order valence-corrected chi connectivity index (χ2v) is 5.65. The normalized spacial score (nSPS) is 15.2. The van der Waals surface area contributed by atoms with E-state index in [0.29, 0.717) is 6.42 Å². The van der Waals surface area contributed by atoms with E-state index in [9.17, 15) is 15.0 Å². The predicted molar refractivity (Wildman–Crippen MR) is 84.6 cm³/mol. The molecule has 0 spiro atoms. The molecule has 0 aromatic rings. The van der Waals surface area contributed by atoms with Gasteiger partial charge in [-0.05, 0) is 6.42 Å². The zero-order valence-electron chi connectivity index (χ0n) is 14.0. The van der Waals surface area contributed by atoms with Crippen molar-refractivity contribution in [2.75, 3.05) is 19.8 Å². The minimum atomic E-state index is -1.39. The Morgan fingerprint density at radius 2 is 1.57 bits per heavy atom. The Hall–Kier alpha value is -0.730. The van der Waals surface area contributed by atoms with E-state index in [2.05, 4.69) is 6.92 Å². The Kier molecular flexibility index (Phi) is 14.4. The SMILES string of the molecule is CCCCCCCCCC(=O)OC(OCC(O)CO)C(O)CO. The molecule has 0 saturated heterocycles. The van der Waals surface area contributed by atoms with E-state index in [4.69, 9.17) is 19.7 Å². The van der Waals surface area contributed by atoms with Gasteiger partial charge in [0.15, 0.2) is 0 Å². The van der Waals surface area contributed by atoms with E-state index in [1.54, 1.807) is 0 Å². The highest BCUT2D eigenvalue weighted by Crippen LogP contribution is 2.11. The van der Waals surface area contributed by atoms with Crippen molar-refractivity contribution in [3.05, 3.63) is 0 Å². The summed E-state index contributed by atoms with van der Waals surface area (Å²) in [4.78, 5) is 11.7. The molecule has 0 aromatic carbocycles. The fourth-order valence-electron chi connectivity index (χ4n) is 1.98. The molecule has 0 aliphatic carbocycles. The van der Waals surface area contributed by atoms with Crippen molar-refractivity contribution in [1.82, 2.24) is 0 Å². The number of hydrogen-bond acceptors (Lipinski definition) is 7. The summed E-state index contributed by atoms with van der Waals surface area (Å²) in [5, 5.41) is 36.4. The molecule has 0 radical (unpaired) electrons. The minimum Gasteiger partial charge on any atom is -0.433 e. The molecule has 7 nitrogen and oxygen atoms in total. The lowest BCUT2D eigenvalue weighted by Crippen LogP contribution is -2.38. The molecule has 0 aliphatic heterocycles. The smallest absolute Gasteiger partial charge is 0.308 e. The molecule has 138 valence electrons. The summed E-state index contributed by atoms with van der Waals surface area (Å²) in [6.45, 7) is 0.719. The zero-order chi connectivity index (χ0) is 17.5. The van der Waals surface area contributed by atoms with Gasteiger partial charge in [0.2, 0.25) is 6.29 Å². The highest BCUT2D eigenvalue weighted by Gasteiger charge is 2.24. The molecule has 7 heteroatoms. The maximum atomic E-state index is 11.7. The van der Waals surface area contributed by atoms with Crippen molar-refractivity contribution in [1.29, 1.82) is 0 Å². The van der Waals surface area contributed by atoms with Crippen molar-refractivity contribution in [2.24, 2.45) is 0 Å². The number of rotatable bonds is 15. The molecule has 0 heterocycles. The summed E-state index contributed by atoms with van der Waals surface area (Å²) in [6, 6.07) is 0. The van der Waals surface area contributed by atoms with Gasteiger partial charge in [-0.25, -0.2) is 0 Å². The topological polar surface area (TPSA) is 116 Å². The largest absolute Gasteiger partial charge is 0.433 e. The molecule has 4 N–H and O–H groups in total. The Labute approximate surface area is 138 Å². The average Bonchev–Trinajstić information content (AvgIpc) is 2.56. The van der Waals surface area contributed by atoms with E-state index in [0.717, 1.165) is 19.3 Å². The molecule has 0 fully saturated rings. The number of aliphatic hydroxyl groups is 4. The molecule has 0 rings (SSSR count). The van der Waals surface area contributed by atoms with E-state index >= 15 is 0 Å². The van der Waals surface area contributed by atoms with Crippen molar-refractivity contribution in [3.8, 4) is 0 Å². The first kappa shape index (κ1) is 22.3. The highest BCUT2D eigenvalue weighted by molar-refractivity contribution is 5.69. The van der Waals surface area contributed by atoms with Crippen LogP contribution in [0.5, 0.6) is 0 Å². The summed E-state index contributed by atoms with van der Waals surface area (Å²) in [5.41, 5.74) is 0. The van der Waals surface area contributed by atoms with Crippen LogP contribution in [-0.2, 0) is 14.3 Å². The fraction of sp³-hybridized carbons (Fsp3) is 0.938. The van der Waals surface area contributed by atoms with E-state index in [1.165, 1.54) is 19.3 Å². The monoisotopic (exact) mass is 336 g/mol. The van der Waals surface area contributed by atoms with Gasteiger partial charge >= 0.3 is 5.97 Å². The Morgan fingerprint density at radius 1 is 0.957 bits per heavy atom. The van der Waals surface area contributed by atoms with Crippen LogP contribution in [0.25, 0.3) is 0 Å². The Bertz CT molecular complexity index is 286. The van der Waals surface area contributed by atoms with Gasteiger partial charge in [0, 0.05) is 6.42 Å². The Balaban J connectivity index is 3.94. The summed E-state index contributed by atoms with van der Waals surface area (Å²) in [7, 11) is 0. The molecule has 0 aliphatic rings. The number of aliphatic hydroxyl groups excluding tert-OH is 4. The number of carbonyl (C=O) groups excluding carboxylic acids is 1. The van der Waals surface area contributed by atoms with Gasteiger partial charge < -0.3 is 29.9 Å². The van der Waals surface area contributed by atoms with Crippen molar-refractivity contribution < 1.29 is 34.7 Å². The summed E-state index contributed by atoms with van der Waals surface area (Å²) < 4.78 is 10.0. The minimum absolute atomic E-state index is 0.217. The quantitative estimate of drug-likeness (QED) is 0.198. The number of unbranched alkanes of at least 4 members (excludes halogenated alkanes) is 6. The first-order chi connectivity index (χ1) is 11.0. The molecular weight excluding hydrogens is 304 g/mol. The second-order valence-electron chi connectivity index (χ2n) is 5.65. The summed E-state index contributed by atoms with van der Waals surface area (Å²) in [6.07, 6.45) is 3.88. The van der Waals surface area contributed by atoms with Crippen LogP contribution in [0, 0.1) is 0 Å². The van der Waals surface area contributed by atoms with Gasteiger partial charge in [-0.3, -0.25) is 4.79 Å². The van der Waals surface area contributed by atoms with Gasteiger partial charge in [0.05, 0.1) is 19.8 Å². The maximum absolute atomic E-state index is 11.7. The maximum Gasteiger partial charge on any atom is 0.308 e. The van der Waals surface area contributed by atoms with Gasteiger partial charge in [-0.2, -0.15) is 0 Å². The number of hydrogen-bond donors (Lipinski definition) is 4. The van der Waals surface area contributed by atoms with Crippen LogP contribution in [-0.4, -0.2) is 64.7 Å². The van der Waals surface area contributed by atoms with E-state index < -0.39 is 37.7 Å². The van der Waals surface area contributed by atoms with Crippen molar-refractivity contribution >= 4 is 5.97 Å². The van der Waals surface area contributed by atoms with Gasteiger partial charge in [0.25, 0.3) is 0 Å². The third-order valence-corrected chi connectivity index (χ3v) is 3.40. The molecule has 0 aromatic heterocycles. The standard InChI is InChI=1S/C16H32O7/c1-2-3-4-5-6-7-8-9-15(21)23-16(14(20)11-18)22-12-13(19)10-17/h13-14,16-20H,2-12H2,1H3. The Morgan fingerprint density at radius 3 is 2.13 bits per heavy atom. The number of carbonyl (C=O) groups is 1. The van der Waals surface area contributed by atoms with Crippen molar-refractivity contribution in [3.63, 3.8) is 0 Å².